The molecule has 0 aromatic heterocycles. The highest BCUT2D eigenvalue weighted by molar-refractivity contribution is 5.91. The van der Waals surface area contributed by atoms with Crippen molar-refractivity contribution in [3.63, 3.8) is 0 Å². The predicted molar refractivity (Wildman–Crippen MR) is 102 cm³/mol. The van der Waals surface area contributed by atoms with Gasteiger partial charge in [-0.05, 0) is 30.2 Å². The zero-order chi connectivity index (χ0) is 19.6. The van der Waals surface area contributed by atoms with Crippen molar-refractivity contribution in [3.8, 4) is 0 Å². The van der Waals surface area contributed by atoms with Crippen LogP contribution in [0.2, 0.25) is 0 Å². The van der Waals surface area contributed by atoms with Crippen LogP contribution in [0.1, 0.15) is 35.3 Å². The van der Waals surface area contributed by atoms with Gasteiger partial charge in [-0.15, -0.1) is 0 Å². The molecule has 2 rings (SSSR count). The minimum Gasteiger partial charge on any atom is -0.452 e. The lowest BCUT2D eigenvalue weighted by atomic mass is 10.1. The number of amides is 2. The standard InChI is InChI=1S/C21H24N2O4/c1-3-23(14-18-7-5-4-6-8-18)20(25)15-27-21(26)19-11-9-17(10-12-19)13-22-16(2)24/h4-12H,3,13-15H2,1-2H3,(H,22,24). The van der Waals surface area contributed by atoms with E-state index in [-0.39, 0.29) is 18.4 Å². The van der Waals surface area contributed by atoms with Gasteiger partial charge < -0.3 is 15.0 Å². The molecule has 0 radical (unpaired) electrons. The van der Waals surface area contributed by atoms with Gasteiger partial charge in [-0.1, -0.05) is 42.5 Å². The molecule has 0 saturated heterocycles. The van der Waals surface area contributed by atoms with Crippen LogP contribution in [0, 0.1) is 0 Å². The van der Waals surface area contributed by atoms with Crippen LogP contribution >= 0.6 is 0 Å². The fraction of sp³-hybridized carbons (Fsp3) is 0.286. The summed E-state index contributed by atoms with van der Waals surface area (Å²) in [6.07, 6.45) is 0. The van der Waals surface area contributed by atoms with E-state index < -0.39 is 5.97 Å². The van der Waals surface area contributed by atoms with Gasteiger partial charge in [0, 0.05) is 26.6 Å². The number of benzene rings is 2. The van der Waals surface area contributed by atoms with Crippen LogP contribution in [0.3, 0.4) is 0 Å². The second-order valence-electron chi connectivity index (χ2n) is 6.08. The van der Waals surface area contributed by atoms with E-state index in [9.17, 15) is 14.4 Å². The van der Waals surface area contributed by atoms with Crippen LogP contribution in [0.5, 0.6) is 0 Å². The normalized spacial score (nSPS) is 10.1. The zero-order valence-corrected chi connectivity index (χ0v) is 15.6. The van der Waals surface area contributed by atoms with Crippen LogP contribution in [-0.4, -0.2) is 35.8 Å². The minimum atomic E-state index is -0.551. The number of nitrogens with zero attached hydrogens (tertiary/aromatic N) is 1. The molecule has 2 amide bonds. The summed E-state index contributed by atoms with van der Waals surface area (Å²) < 4.78 is 5.15. The molecule has 0 saturated carbocycles. The third-order valence-electron chi connectivity index (χ3n) is 4.01. The van der Waals surface area contributed by atoms with Gasteiger partial charge in [0.05, 0.1) is 5.56 Å². The first-order chi connectivity index (χ1) is 13.0. The maximum atomic E-state index is 12.3. The van der Waals surface area contributed by atoms with E-state index >= 15 is 0 Å². The Labute approximate surface area is 159 Å². The first kappa shape index (κ1) is 20.2. The molecule has 0 fully saturated rings. The molecule has 0 bridgehead atoms. The van der Waals surface area contributed by atoms with E-state index in [1.165, 1.54) is 6.92 Å². The van der Waals surface area contributed by atoms with Gasteiger partial charge >= 0.3 is 5.97 Å². The van der Waals surface area contributed by atoms with Gasteiger partial charge in [0.2, 0.25) is 5.91 Å². The molecule has 2 aromatic rings. The van der Waals surface area contributed by atoms with Gasteiger partial charge in [0.15, 0.2) is 6.61 Å². The quantitative estimate of drug-likeness (QED) is 0.727. The Kier molecular flexibility index (Phi) is 7.55. The van der Waals surface area contributed by atoms with E-state index in [1.807, 2.05) is 37.3 Å². The minimum absolute atomic E-state index is 0.118. The van der Waals surface area contributed by atoms with Crippen molar-refractivity contribution in [1.29, 1.82) is 0 Å². The molecule has 6 heteroatoms. The molecule has 6 nitrogen and oxygen atoms in total. The summed E-state index contributed by atoms with van der Waals surface area (Å²) in [7, 11) is 0. The molecular formula is C21H24N2O4. The van der Waals surface area contributed by atoms with Crippen LogP contribution in [0.4, 0.5) is 0 Å². The molecule has 0 aliphatic carbocycles. The number of esters is 1. The van der Waals surface area contributed by atoms with Crippen molar-refractivity contribution in [3.05, 3.63) is 71.3 Å². The van der Waals surface area contributed by atoms with Crippen LogP contribution in [-0.2, 0) is 27.4 Å². The number of likely N-dealkylation sites (N-methyl/N-ethyl adjacent to an activating group) is 1. The van der Waals surface area contributed by atoms with Crippen molar-refractivity contribution in [2.24, 2.45) is 0 Å². The van der Waals surface area contributed by atoms with Crippen molar-refractivity contribution in [1.82, 2.24) is 10.2 Å². The lowest BCUT2D eigenvalue weighted by molar-refractivity contribution is -0.135. The number of ether oxygens (including phenoxy) is 1. The highest BCUT2D eigenvalue weighted by Gasteiger charge is 2.15. The molecule has 0 atom stereocenters. The lowest BCUT2D eigenvalue weighted by Gasteiger charge is -2.20. The Hall–Kier alpha value is -3.15. The Morgan fingerprint density at radius 1 is 0.963 bits per heavy atom. The molecule has 0 heterocycles. The number of carbonyl (C=O) groups excluding carboxylic acids is 3. The van der Waals surface area contributed by atoms with Crippen molar-refractivity contribution >= 4 is 17.8 Å². The van der Waals surface area contributed by atoms with Crippen LogP contribution in [0.15, 0.2) is 54.6 Å². The zero-order valence-electron chi connectivity index (χ0n) is 15.6. The Bertz CT molecular complexity index is 773. The molecule has 0 spiro atoms. The number of hydrogen-bond acceptors (Lipinski definition) is 4. The summed E-state index contributed by atoms with van der Waals surface area (Å²) >= 11 is 0. The predicted octanol–water partition coefficient (Wildman–Crippen LogP) is 2.53. The van der Waals surface area contributed by atoms with Crippen molar-refractivity contribution in [2.75, 3.05) is 13.2 Å². The molecule has 0 aliphatic rings. The van der Waals surface area contributed by atoms with Gasteiger partial charge in [-0.2, -0.15) is 0 Å². The van der Waals surface area contributed by atoms with Crippen molar-refractivity contribution in [2.45, 2.75) is 26.9 Å². The topological polar surface area (TPSA) is 75.7 Å². The van der Waals surface area contributed by atoms with E-state index in [0.29, 0.717) is 25.2 Å². The van der Waals surface area contributed by atoms with Crippen LogP contribution in [0.25, 0.3) is 0 Å². The molecular weight excluding hydrogens is 344 g/mol. The maximum Gasteiger partial charge on any atom is 0.338 e. The number of nitrogens with one attached hydrogen (secondary N) is 1. The summed E-state index contributed by atoms with van der Waals surface area (Å²) in [6.45, 7) is 4.44. The highest BCUT2D eigenvalue weighted by Crippen LogP contribution is 2.08. The average molecular weight is 368 g/mol. The third-order valence-corrected chi connectivity index (χ3v) is 4.01. The van der Waals surface area contributed by atoms with Crippen LogP contribution < -0.4 is 5.32 Å². The second-order valence-corrected chi connectivity index (χ2v) is 6.08. The molecule has 2 aromatic carbocycles. The Morgan fingerprint density at radius 3 is 2.22 bits per heavy atom. The van der Waals surface area contributed by atoms with Gasteiger partial charge in [-0.3, -0.25) is 9.59 Å². The summed E-state index contributed by atoms with van der Waals surface area (Å²) in [5, 5.41) is 2.68. The molecule has 0 unspecified atom stereocenters. The largest absolute Gasteiger partial charge is 0.452 e. The fourth-order valence-electron chi connectivity index (χ4n) is 2.47. The third kappa shape index (κ3) is 6.58. The first-order valence-electron chi connectivity index (χ1n) is 8.81. The summed E-state index contributed by atoms with van der Waals surface area (Å²) in [4.78, 5) is 37.0. The Balaban J connectivity index is 1.86. The van der Waals surface area contributed by atoms with Gasteiger partial charge in [0.25, 0.3) is 5.91 Å². The highest BCUT2D eigenvalue weighted by atomic mass is 16.5. The maximum absolute atomic E-state index is 12.3. The molecule has 0 aliphatic heterocycles. The lowest BCUT2D eigenvalue weighted by Crippen LogP contribution is -2.34. The first-order valence-corrected chi connectivity index (χ1v) is 8.81. The summed E-state index contributed by atoms with van der Waals surface area (Å²) in [6, 6.07) is 16.4. The van der Waals surface area contributed by atoms with E-state index in [1.54, 1.807) is 29.2 Å². The molecule has 1 N–H and O–H groups in total. The fourth-order valence-corrected chi connectivity index (χ4v) is 2.47. The van der Waals surface area contributed by atoms with E-state index in [2.05, 4.69) is 5.32 Å². The van der Waals surface area contributed by atoms with E-state index in [0.717, 1.165) is 11.1 Å². The number of rotatable bonds is 8. The molecule has 27 heavy (non-hydrogen) atoms. The smallest absolute Gasteiger partial charge is 0.338 e. The SMILES string of the molecule is CCN(Cc1ccccc1)C(=O)COC(=O)c1ccc(CNC(C)=O)cc1. The molecule has 142 valence electrons. The van der Waals surface area contributed by atoms with E-state index in [4.69, 9.17) is 4.74 Å². The van der Waals surface area contributed by atoms with Gasteiger partial charge in [0.1, 0.15) is 0 Å². The van der Waals surface area contributed by atoms with Crippen molar-refractivity contribution < 1.29 is 19.1 Å². The second kappa shape index (κ2) is 10.1. The Morgan fingerprint density at radius 2 is 1.63 bits per heavy atom. The average Bonchev–Trinajstić information content (AvgIpc) is 2.69. The monoisotopic (exact) mass is 368 g/mol. The summed E-state index contributed by atoms with van der Waals surface area (Å²) in [5.41, 5.74) is 2.26. The summed E-state index contributed by atoms with van der Waals surface area (Å²) in [5.74, 6) is -0.907. The number of carbonyl (C=O) groups is 3. The van der Waals surface area contributed by atoms with Gasteiger partial charge in [-0.25, -0.2) is 4.79 Å². The number of hydrogen-bond donors (Lipinski definition) is 1.